The molecule has 0 radical (unpaired) electrons. The smallest absolute Gasteiger partial charge is 0.873 e. The third-order valence-corrected chi connectivity index (χ3v) is 8.02. The van der Waals surface area contributed by atoms with Crippen LogP contribution in [0.2, 0.25) is 0 Å². The molecule has 0 bridgehead atoms. The first-order chi connectivity index (χ1) is 21.6. The van der Waals surface area contributed by atoms with Gasteiger partial charge in [0.05, 0.1) is 22.8 Å². The topological polar surface area (TPSA) is 70.8 Å². The first kappa shape index (κ1) is 42.3. The van der Waals surface area contributed by atoms with Crippen molar-refractivity contribution in [3.05, 3.63) is 117 Å². The van der Waals surface area contributed by atoms with E-state index < -0.39 is 5.75 Å². The normalized spacial score (nSPS) is 11.9. The van der Waals surface area contributed by atoms with Crippen molar-refractivity contribution in [3.8, 4) is 11.5 Å². The van der Waals surface area contributed by atoms with E-state index in [0.717, 1.165) is 28.4 Å². The van der Waals surface area contributed by atoms with E-state index >= 15 is 0 Å². The molecule has 0 spiro atoms. The fourth-order valence-corrected chi connectivity index (χ4v) is 5.32. The fourth-order valence-electron chi connectivity index (χ4n) is 5.32. The van der Waals surface area contributed by atoms with E-state index in [4.69, 9.17) is 9.98 Å². The molecule has 0 saturated heterocycles. The Morgan fingerprint density at radius 3 is 1.19 bits per heavy atom. The molecule has 0 N–H and O–H groups in total. The molecule has 4 aromatic rings. The second-order valence-electron chi connectivity index (χ2n) is 14.9. The van der Waals surface area contributed by atoms with Crippen molar-refractivity contribution in [1.82, 2.24) is 0 Å². The van der Waals surface area contributed by atoms with Crippen molar-refractivity contribution >= 4 is 22.8 Å². The number of benzene rings is 4. The molecule has 0 aliphatic heterocycles. The molecule has 48 heavy (non-hydrogen) atoms. The van der Waals surface area contributed by atoms with E-state index in [1.54, 1.807) is 0 Å². The number of aliphatic imine (C=N–C) groups is 2. The quantitative estimate of drug-likeness (QED) is 0.158. The summed E-state index contributed by atoms with van der Waals surface area (Å²) in [5.74, 6) is -0.752. The molecule has 0 aromatic heterocycles. The van der Waals surface area contributed by atoms with Crippen molar-refractivity contribution in [2.75, 3.05) is 0 Å². The molecule has 0 aliphatic rings. The maximum Gasteiger partial charge on any atom is 2.00 e. The Bertz CT molecular complexity index is 1620. The zero-order valence-corrected chi connectivity index (χ0v) is 32.9. The van der Waals surface area contributed by atoms with E-state index in [2.05, 4.69) is 84.9 Å². The number of hydrogen-bond donors (Lipinski definition) is 0. The molecule has 4 aromatic carbocycles. The molecule has 0 amide bonds. The summed E-state index contributed by atoms with van der Waals surface area (Å²) in [6, 6.07) is 22.3. The van der Waals surface area contributed by atoms with Gasteiger partial charge in [0, 0.05) is 0 Å². The van der Waals surface area contributed by atoms with Gasteiger partial charge < -0.3 is 10.2 Å². The Hall–Kier alpha value is -3.69. The third kappa shape index (κ3) is 12.4. The Balaban J connectivity index is 0.000000411. The van der Waals surface area contributed by atoms with Crippen molar-refractivity contribution in [1.29, 1.82) is 0 Å². The molecule has 4 rings (SSSR count). The number of nitrogens with zero attached hydrogens (tertiary/aromatic N) is 2. The number of hydrogen-bond acceptors (Lipinski definition) is 4. The Labute approximate surface area is 301 Å². The minimum absolute atomic E-state index is 0. The van der Waals surface area contributed by atoms with Crippen LogP contribution >= 0.6 is 0 Å². The van der Waals surface area contributed by atoms with Crippen LogP contribution in [0.15, 0.2) is 76.7 Å². The van der Waals surface area contributed by atoms with Crippen molar-refractivity contribution in [2.45, 2.75) is 115 Å². The van der Waals surface area contributed by atoms with Crippen LogP contribution in [0.1, 0.15) is 105 Å². The molecule has 0 aliphatic carbocycles. The summed E-state index contributed by atoms with van der Waals surface area (Å²) in [4.78, 5) is 9.72. The van der Waals surface area contributed by atoms with E-state index in [-0.39, 0.29) is 33.1 Å². The van der Waals surface area contributed by atoms with Gasteiger partial charge in [-0.15, -0.1) is 11.5 Å². The van der Waals surface area contributed by atoms with Crippen LogP contribution < -0.4 is 10.2 Å². The standard InChI is InChI=1S/C22H28N2.C14H22O2.C7H8.Ni/c1-13-9-15(3)21(16(4)10-13)23-19(7)20(8)24-22-17(5)11-14(2)12-18(22)6;1-13(2,3)9-7-10(14(4,5)6)12(16)11(15)8-9;1-7-5-3-2-4-6-7;/h9-12H,1-8H3;7-8,15-16H,1-6H3;2-6H,1H3;/q;;;+2/p-2. The van der Waals surface area contributed by atoms with Crippen LogP contribution in [-0.4, -0.2) is 11.4 Å². The molecule has 0 heterocycles. The monoisotopic (exact) mass is 690 g/mol. The van der Waals surface area contributed by atoms with Crippen LogP contribution in [0.4, 0.5) is 11.4 Å². The average molecular weight is 692 g/mol. The molecule has 0 atom stereocenters. The van der Waals surface area contributed by atoms with Crippen molar-refractivity contribution in [2.24, 2.45) is 9.98 Å². The summed E-state index contributed by atoms with van der Waals surface area (Å²) < 4.78 is 0. The number of aryl methyl sites for hydroxylation is 7. The Kier molecular flexibility index (Phi) is 15.6. The van der Waals surface area contributed by atoms with Crippen LogP contribution in [0, 0.1) is 48.5 Å². The van der Waals surface area contributed by atoms with Crippen LogP contribution in [0.3, 0.4) is 0 Å². The summed E-state index contributed by atoms with van der Waals surface area (Å²) in [7, 11) is 0. The summed E-state index contributed by atoms with van der Waals surface area (Å²) in [6.07, 6.45) is 0. The maximum atomic E-state index is 11.8. The van der Waals surface area contributed by atoms with Gasteiger partial charge in [-0.25, -0.2) is 0 Å². The fraction of sp³-hybridized carbons (Fsp3) is 0.395. The van der Waals surface area contributed by atoms with Gasteiger partial charge in [0.15, 0.2) is 0 Å². The van der Waals surface area contributed by atoms with E-state index in [1.165, 1.54) is 45.0 Å². The predicted octanol–water partition coefficient (Wildman–Crippen LogP) is 10.8. The molecular weight excluding hydrogens is 635 g/mol. The average Bonchev–Trinajstić information content (AvgIpc) is 2.93. The van der Waals surface area contributed by atoms with Gasteiger partial charge in [0.1, 0.15) is 0 Å². The SMILES string of the molecule is CC(=Nc1c(C)cc(C)cc1C)C(C)=Nc1c(C)cc(C)cc1C.CC(C)(C)c1cc([O-])c([O-])c(C(C)(C)C)c1.Cc1ccccc1.[Ni+2]. The van der Waals surface area contributed by atoms with Crippen LogP contribution in [-0.2, 0) is 27.3 Å². The van der Waals surface area contributed by atoms with E-state index in [1.807, 2.05) is 79.7 Å². The molecule has 4 nitrogen and oxygen atoms in total. The summed E-state index contributed by atoms with van der Waals surface area (Å²) in [6.45, 7) is 30.9. The minimum Gasteiger partial charge on any atom is -0.873 e. The largest absolute Gasteiger partial charge is 2.00 e. The van der Waals surface area contributed by atoms with Crippen molar-refractivity contribution in [3.63, 3.8) is 0 Å². The maximum absolute atomic E-state index is 11.8. The van der Waals surface area contributed by atoms with E-state index in [9.17, 15) is 10.2 Å². The number of rotatable bonds is 3. The minimum atomic E-state index is -0.391. The summed E-state index contributed by atoms with van der Waals surface area (Å²) >= 11 is 0. The van der Waals surface area contributed by atoms with Gasteiger partial charge >= 0.3 is 16.5 Å². The van der Waals surface area contributed by atoms with Gasteiger partial charge in [0.2, 0.25) is 0 Å². The summed E-state index contributed by atoms with van der Waals surface area (Å²) in [5.41, 5.74) is 13.9. The van der Waals surface area contributed by atoms with Gasteiger partial charge in [0.25, 0.3) is 0 Å². The first-order valence-electron chi connectivity index (χ1n) is 16.4. The molecule has 5 heteroatoms. The predicted molar refractivity (Wildman–Crippen MR) is 201 cm³/mol. The van der Waals surface area contributed by atoms with Crippen LogP contribution in [0.5, 0.6) is 11.5 Å². The summed E-state index contributed by atoms with van der Waals surface area (Å²) in [5, 5.41) is 23.4. The molecule has 260 valence electrons. The second-order valence-corrected chi connectivity index (χ2v) is 14.9. The Morgan fingerprint density at radius 2 is 0.896 bits per heavy atom. The first-order valence-corrected chi connectivity index (χ1v) is 16.4. The van der Waals surface area contributed by atoms with Gasteiger partial charge in [-0.2, -0.15) is 0 Å². The molecule has 0 saturated carbocycles. The van der Waals surface area contributed by atoms with Gasteiger partial charge in [-0.3, -0.25) is 9.98 Å². The van der Waals surface area contributed by atoms with E-state index in [0.29, 0.717) is 5.56 Å². The van der Waals surface area contributed by atoms with Crippen molar-refractivity contribution < 1.29 is 26.7 Å². The van der Waals surface area contributed by atoms with Gasteiger partial charge in [-0.05, 0) is 101 Å². The molecule has 0 fully saturated rings. The molecular formula is C43H56N2NiO2. The molecule has 0 unspecified atom stereocenters. The second kappa shape index (κ2) is 17.6. The van der Waals surface area contributed by atoms with Crippen LogP contribution in [0.25, 0.3) is 0 Å². The zero-order valence-electron chi connectivity index (χ0n) is 31.9. The Morgan fingerprint density at radius 1 is 0.521 bits per heavy atom. The third-order valence-electron chi connectivity index (χ3n) is 8.02. The zero-order chi connectivity index (χ0) is 35.9. The van der Waals surface area contributed by atoms with Gasteiger partial charge in [-0.1, -0.05) is 131 Å².